The van der Waals surface area contributed by atoms with Gasteiger partial charge in [0.25, 0.3) is 5.91 Å². The van der Waals surface area contributed by atoms with Crippen LogP contribution in [0.25, 0.3) is 0 Å². The lowest BCUT2D eigenvalue weighted by Crippen LogP contribution is -2.32. The summed E-state index contributed by atoms with van der Waals surface area (Å²) in [5, 5.41) is 2.82. The minimum Gasteiger partial charge on any atom is -0.481 e. The second-order valence-corrected chi connectivity index (χ2v) is 4.95. The molecule has 0 unspecified atom stereocenters. The highest BCUT2D eigenvalue weighted by Gasteiger charge is 2.18. The monoisotopic (exact) mass is 297 g/mol. The molecule has 1 N–H and O–H groups in total. The Morgan fingerprint density at radius 3 is 2.45 bits per heavy atom. The van der Waals surface area contributed by atoms with Gasteiger partial charge in [0.15, 0.2) is 11.9 Å². The molecule has 1 atom stereocenters. The predicted octanol–water partition coefficient (Wildman–Crippen LogP) is 3.69. The highest BCUT2D eigenvalue weighted by atomic mass is 16.5. The highest BCUT2D eigenvalue weighted by molar-refractivity contribution is 5.95. The van der Waals surface area contributed by atoms with Crippen LogP contribution in [0.4, 0.5) is 5.69 Å². The quantitative estimate of drug-likeness (QED) is 0.827. The number of amides is 1. The summed E-state index contributed by atoms with van der Waals surface area (Å²) < 4.78 is 5.72. The molecule has 0 spiro atoms. The first-order valence-corrected chi connectivity index (χ1v) is 7.23. The van der Waals surface area contributed by atoms with E-state index in [1.54, 1.807) is 24.3 Å². The van der Waals surface area contributed by atoms with Crippen LogP contribution in [-0.4, -0.2) is 17.8 Å². The van der Waals surface area contributed by atoms with E-state index < -0.39 is 6.10 Å². The summed E-state index contributed by atoms with van der Waals surface area (Å²) in [5.74, 6) is 0.275. The number of nitrogens with one attached hydrogen (secondary N) is 1. The fourth-order valence-corrected chi connectivity index (χ4v) is 2.02. The number of ketones is 1. The lowest BCUT2D eigenvalue weighted by Gasteiger charge is -2.17. The molecule has 22 heavy (non-hydrogen) atoms. The average molecular weight is 297 g/mol. The van der Waals surface area contributed by atoms with Crippen molar-refractivity contribution in [1.29, 1.82) is 0 Å². The van der Waals surface area contributed by atoms with Crippen LogP contribution in [0.15, 0.2) is 54.6 Å². The summed E-state index contributed by atoms with van der Waals surface area (Å²) in [7, 11) is 0. The second-order valence-electron chi connectivity index (χ2n) is 4.95. The molecule has 2 aromatic rings. The van der Waals surface area contributed by atoms with Gasteiger partial charge in [0.1, 0.15) is 5.75 Å². The van der Waals surface area contributed by atoms with Crippen molar-refractivity contribution in [2.75, 3.05) is 5.32 Å². The Labute approximate surface area is 130 Å². The van der Waals surface area contributed by atoms with E-state index in [0.717, 1.165) is 5.69 Å². The number of ether oxygens (including phenoxy) is 1. The Morgan fingerprint density at radius 1 is 1.09 bits per heavy atom. The van der Waals surface area contributed by atoms with Crippen molar-refractivity contribution in [3.63, 3.8) is 0 Å². The zero-order valence-corrected chi connectivity index (χ0v) is 12.7. The van der Waals surface area contributed by atoms with Crippen LogP contribution < -0.4 is 10.1 Å². The van der Waals surface area contributed by atoms with Gasteiger partial charge >= 0.3 is 0 Å². The topological polar surface area (TPSA) is 55.4 Å². The Kier molecular flexibility index (Phi) is 5.31. The standard InChI is InChI=1S/C18H19NO3/c1-3-17(18(21)19-15-9-5-4-6-10-15)22-16-11-7-8-14(12-16)13(2)20/h4-12,17H,3H2,1-2H3,(H,19,21)/t17-/m0/s1. The van der Waals surface area contributed by atoms with Gasteiger partial charge < -0.3 is 10.1 Å². The summed E-state index contributed by atoms with van der Waals surface area (Å²) in [4.78, 5) is 23.7. The van der Waals surface area contributed by atoms with Crippen molar-refractivity contribution in [2.24, 2.45) is 0 Å². The fraction of sp³-hybridized carbons (Fsp3) is 0.222. The van der Waals surface area contributed by atoms with Crippen LogP contribution in [0.3, 0.4) is 0 Å². The molecule has 0 heterocycles. The molecular weight excluding hydrogens is 278 g/mol. The van der Waals surface area contributed by atoms with Gasteiger partial charge in [0.2, 0.25) is 0 Å². The van der Waals surface area contributed by atoms with Crippen LogP contribution in [0.5, 0.6) is 5.75 Å². The summed E-state index contributed by atoms with van der Waals surface area (Å²) in [6.45, 7) is 3.38. The molecule has 0 aliphatic carbocycles. The smallest absolute Gasteiger partial charge is 0.265 e. The van der Waals surface area contributed by atoms with Gasteiger partial charge in [-0.05, 0) is 37.6 Å². The molecule has 0 saturated heterocycles. The molecule has 0 fully saturated rings. The van der Waals surface area contributed by atoms with Crippen LogP contribution >= 0.6 is 0 Å². The number of rotatable bonds is 6. The molecular formula is C18H19NO3. The maximum atomic E-state index is 12.3. The molecule has 1 amide bonds. The van der Waals surface area contributed by atoms with Gasteiger partial charge in [-0.1, -0.05) is 37.3 Å². The van der Waals surface area contributed by atoms with Gasteiger partial charge in [-0.2, -0.15) is 0 Å². The molecule has 2 aromatic carbocycles. The first kappa shape index (κ1) is 15.8. The van der Waals surface area contributed by atoms with Crippen molar-refractivity contribution in [2.45, 2.75) is 26.4 Å². The van der Waals surface area contributed by atoms with E-state index in [1.807, 2.05) is 37.3 Å². The van der Waals surface area contributed by atoms with E-state index in [9.17, 15) is 9.59 Å². The number of hydrogen-bond donors (Lipinski definition) is 1. The molecule has 114 valence electrons. The largest absolute Gasteiger partial charge is 0.481 e. The second kappa shape index (κ2) is 7.41. The number of anilines is 1. The van der Waals surface area contributed by atoms with Crippen molar-refractivity contribution < 1.29 is 14.3 Å². The van der Waals surface area contributed by atoms with Gasteiger partial charge in [-0.25, -0.2) is 0 Å². The van der Waals surface area contributed by atoms with Crippen LogP contribution in [0.2, 0.25) is 0 Å². The zero-order chi connectivity index (χ0) is 15.9. The average Bonchev–Trinajstić information content (AvgIpc) is 2.53. The maximum absolute atomic E-state index is 12.3. The zero-order valence-electron chi connectivity index (χ0n) is 12.7. The molecule has 4 heteroatoms. The van der Waals surface area contributed by atoms with Gasteiger partial charge in [-0.15, -0.1) is 0 Å². The normalized spacial score (nSPS) is 11.5. The van der Waals surface area contributed by atoms with Crippen molar-refractivity contribution in [3.05, 3.63) is 60.2 Å². The molecule has 0 aromatic heterocycles. The summed E-state index contributed by atoms with van der Waals surface area (Å²) >= 11 is 0. The SMILES string of the molecule is CC[C@H](Oc1cccc(C(C)=O)c1)C(=O)Nc1ccccc1. The van der Waals surface area contributed by atoms with Gasteiger partial charge in [0.05, 0.1) is 0 Å². The summed E-state index contributed by atoms with van der Waals surface area (Å²) in [5.41, 5.74) is 1.29. The Hall–Kier alpha value is -2.62. The lowest BCUT2D eigenvalue weighted by atomic mass is 10.1. The van der Waals surface area contributed by atoms with E-state index in [4.69, 9.17) is 4.74 Å². The van der Waals surface area contributed by atoms with E-state index in [2.05, 4.69) is 5.32 Å². The van der Waals surface area contributed by atoms with Crippen molar-refractivity contribution in [3.8, 4) is 5.75 Å². The predicted molar refractivity (Wildman–Crippen MR) is 86.2 cm³/mol. The van der Waals surface area contributed by atoms with E-state index in [1.165, 1.54) is 6.92 Å². The summed E-state index contributed by atoms with van der Waals surface area (Å²) in [6.07, 6.45) is -0.0782. The number of carbonyl (C=O) groups excluding carboxylic acids is 2. The molecule has 4 nitrogen and oxygen atoms in total. The number of Topliss-reactive ketones (excluding diaryl/α,β-unsaturated/α-hetero) is 1. The van der Waals surface area contributed by atoms with E-state index in [0.29, 0.717) is 17.7 Å². The van der Waals surface area contributed by atoms with E-state index in [-0.39, 0.29) is 11.7 Å². The Balaban J connectivity index is 2.07. The Bertz CT molecular complexity index is 652. The third-order valence-corrected chi connectivity index (χ3v) is 3.22. The molecule has 0 radical (unpaired) electrons. The first-order valence-electron chi connectivity index (χ1n) is 7.23. The first-order chi connectivity index (χ1) is 10.6. The van der Waals surface area contributed by atoms with Gasteiger partial charge in [-0.3, -0.25) is 9.59 Å². The third kappa shape index (κ3) is 4.19. The molecule has 0 bridgehead atoms. The maximum Gasteiger partial charge on any atom is 0.265 e. The van der Waals surface area contributed by atoms with Gasteiger partial charge in [0, 0.05) is 11.3 Å². The number of carbonyl (C=O) groups is 2. The highest BCUT2D eigenvalue weighted by Crippen LogP contribution is 2.17. The van der Waals surface area contributed by atoms with Crippen molar-refractivity contribution in [1.82, 2.24) is 0 Å². The Morgan fingerprint density at radius 2 is 1.82 bits per heavy atom. The van der Waals surface area contributed by atoms with Crippen molar-refractivity contribution >= 4 is 17.4 Å². The molecule has 0 saturated carbocycles. The fourth-order valence-electron chi connectivity index (χ4n) is 2.02. The van der Waals surface area contributed by atoms with Crippen LogP contribution in [-0.2, 0) is 4.79 Å². The van der Waals surface area contributed by atoms with E-state index >= 15 is 0 Å². The van der Waals surface area contributed by atoms with Crippen LogP contribution in [0, 0.1) is 0 Å². The molecule has 0 aliphatic heterocycles. The minimum absolute atomic E-state index is 0.0350. The number of para-hydroxylation sites is 1. The van der Waals surface area contributed by atoms with Crippen LogP contribution in [0.1, 0.15) is 30.6 Å². The third-order valence-electron chi connectivity index (χ3n) is 3.22. The minimum atomic E-state index is -0.609. The summed E-state index contributed by atoms with van der Waals surface area (Å²) in [6, 6.07) is 16.1. The lowest BCUT2D eigenvalue weighted by molar-refractivity contribution is -0.122. The number of benzene rings is 2. The molecule has 2 rings (SSSR count). The molecule has 0 aliphatic rings. The number of hydrogen-bond acceptors (Lipinski definition) is 3.